The summed E-state index contributed by atoms with van der Waals surface area (Å²) in [6.07, 6.45) is 4.23. The van der Waals surface area contributed by atoms with Crippen LogP contribution in [0.2, 0.25) is 0 Å². The fourth-order valence-corrected chi connectivity index (χ4v) is 7.86. The van der Waals surface area contributed by atoms with Gasteiger partial charge in [-0.25, -0.2) is 9.37 Å². The molecule has 2 fully saturated rings. The molecule has 5 atom stereocenters. The number of nitrogens with one attached hydrogen (secondary N) is 1. The Morgan fingerprint density at radius 1 is 1.10 bits per heavy atom. The predicted molar refractivity (Wildman–Crippen MR) is 142 cm³/mol. The second-order valence-electron chi connectivity index (χ2n) is 10.5. The fraction of sp³-hybridized carbons (Fsp3) is 0.480. The summed E-state index contributed by atoms with van der Waals surface area (Å²) < 4.78 is 85.7. The van der Waals surface area contributed by atoms with E-state index in [-0.39, 0.29) is 41.4 Å². The molecule has 1 aliphatic carbocycles. The zero-order valence-electron chi connectivity index (χ0n) is 21.6. The maximum Gasteiger partial charge on any atom is 0.295 e. The minimum Gasteiger partial charge on any atom is -0.335 e. The molecule has 0 radical (unpaired) electrons. The van der Waals surface area contributed by atoms with Gasteiger partial charge in [0.05, 0.1) is 13.1 Å². The van der Waals surface area contributed by atoms with E-state index in [1.165, 1.54) is 35.5 Å². The Hall–Kier alpha value is -2.98. The van der Waals surface area contributed by atoms with Crippen LogP contribution in [0.4, 0.5) is 4.39 Å². The number of hydrogen-bond donors (Lipinski definition) is 3. The van der Waals surface area contributed by atoms with Crippen molar-refractivity contribution in [1.82, 2.24) is 25.0 Å². The van der Waals surface area contributed by atoms with E-state index in [2.05, 4.69) is 15.4 Å². The third-order valence-corrected chi connectivity index (χ3v) is 9.87. The third kappa shape index (κ3) is 5.61. The minimum absolute atomic E-state index is 0.00884. The van der Waals surface area contributed by atoms with Crippen molar-refractivity contribution in [2.24, 2.45) is 5.92 Å². The van der Waals surface area contributed by atoms with Crippen molar-refractivity contribution in [1.29, 1.82) is 0 Å². The molecule has 2 aromatic carbocycles. The van der Waals surface area contributed by atoms with E-state index < -0.39 is 48.2 Å². The molecule has 15 heteroatoms. The molecule has 1 saturated heterocycles. The molecule has 3 N–H and O–H groups in total. The zero-order valence-corrected chi connectivity index (χ0v) is 23.2. The van der Waals surface area contributed by atoms with E-state index in [9.17, 15) is 30.7 Å². The summed E-state index contributed by atoms with van der Waals surface area (Å²) in [5.41, 5.74) is -0.0718. The average Bonchev–Trinajstić information content (AvgIpc) is 3.62. The lowest BCUT2D eigenvalue weighted by atomic mass is 9.89. The highest BCUT2D eigenvalue weighted by Crippen LogP contribution is 2.42. The van der Waals surface area contributed by atoms with Crippen molar-refractivity contribution in [2.45, 2.75) is 66.7 Å². The molecule has 1 saturated carbocycles. The molecule has 2 heterocycles. The van der Waals surface area contributed by atoms with Crippen LogP contribution in [0.25, 0.3) is 10.8 Å². The van der Waals surface area contributed by atoms with Crippen LogP contribution < -0.4 is 5.32 Å². The van der Waals surface area contributed by atoms with Gasteiger partial charge >= 0.3 is 0 Å². The normalized spacial score (nSPS) is 25.6. The molecular weight excluding hydrogens is 565 g/mol. The van der Waals surface area contributed by atoms with Crippen LogP contribution in [0.3, 0.4) is 0 Å². The molecule has 1 aliphatic heterocycles. The van der Waals surface area contributed by atoms with Crippen molar-refractivity contribution < 1.29 is 35.1 Å². The van der Waals surface area contributed by atoms with E-state index in [0.717, 1.165) is 31.9 Å². The van der Waals surface area contributed by atoms with Gasteiger partial charge in [-0.1, -0.05) is 24.3 Å². The number of aromatic nitrogens is 3. The summed E-state index contributed by atoms with van der Waals surface area (Å²) in [4.78, 5) is 17.2. The standard InChI is InChI=1S/C25H30FN5O7S2/c1-15-24(20-8-7-18-19(25(20)40(36,37)38)3-2-4-22(18)39(33,34)35)21(26)12-31(15)23(32)10-28-17-6-5-16(9-17)11-30-14-27-13-29-30/h2-4,7-8,13-17,21,24,28H,5-6,9-12H2,1H3,(H,33,34,35)(H,36,37,38)/t15-,16+,17-,21-,24?/m1/s1. The first-order valence-corrected chi connectivity index (χ1v) is 15.7. The Morgan fingerprint density at radius 2 is 1.88 bits per heavy atom. The van der Waals surface area contributed by atoms with Crippen LogP contribution in [0.15, 0.2) is 52.8 Å². The molecule has 1 amide bonds. The van der Waals surface area contributed by atoms with E-state index in [1.54, 1.807) is 17.9 Å². The number of fused-ring (bicyclic) bond motifs is 1. The van der Waals surface area contributed by atoms with Crippen molar-refractivity contribution in [3.8, 4) is 0 Å². The molecule has 40 heavy (non-hydrogen) atoms. The zero-order chi connectivity index (χ0) is 28.8. The second-order valence-corrected chi connectivity index (χ2v) is 13.2. The Kier molecular flexibility index (Phi) is 7.69. The van der Waals surface area contributed by atoms with E-state index in [1.807, 2.05) is 0 Å². The molecular formula is C25H30FN5O7S2. The van der Waals surface area contributed by atoms with Crippen LogP contribution in [0.5, 0.6) is 0 Å². The number of likely N-dealkylation sites (tertiary alicyclic amines) is 1. The van der Waals surface area contributed by atoms with Gasteiger partial charge in [-0.3, -0.25) is 18.6 Å². The SMILES string of the molecule is C[C@@H]1C(c2ccc3c(S(=O)(=O)O)cccc3c2S(=O)(=O)O)[C@H](F)CN1C(=O)CN[C@@H]1CC[C@H](Cn2cncn2)C1. The lowest BCUT2D eigenvalue weighted by Crippen LogP contribution is -2.43. The number of hydrogen-bond acceptors (Lipinski definition) is 8. The number of benzene rings is 2. The summed E-state index contributed by atoms with van der Waals surface area (Å²) in [6, 6.07) is 5.45. The Balaban J connectivity index is 1.34. The Bertz CT molecular complexity index is 1630. The third-order valence-electron chi connectivity index (χ3n) is 7.98. The minimum atomic E-state index is -4.96. The largest absolute Gasteiger partial charge is 0.335 e. The molecule has 0 spiro atoms. The number of amides is 1. The van der Waals surface area contributed by atoms with Crippen LogP contribution in [0.1, 0.15) is 37.7 Å². The number of carbonyl (C=O) groups is 1. The van der Waals surface area contributed by atoms with Gasteiger partial charge in [0.1, 0.15) is 28.6 Å². The molecule has 216 valence electrons. The summed E-state index contributed by atoms with van der Waals surface area (Å²) in [5, 5.41) is 7.07. The molecule has 5 rings (SSSR count). The van der Waals surface area contributed by atoms with Gasteiger partial charge in [-0.15, -0.1) is 0 Å². The number of halogens is 1. The van der Waals surface area contributed by atoms with Crippen molar-refractivity contribution in [2.75, 3.05) is 13.1 Å². The molecule has 0 bridgehead atoms. The van der Waals surface area contributed by atoms with Gasteiger partial charge in [0.15, 0.2) is 0 Å². The van der Waals surface area contributed by atoms with Gasteiger partial charge in [-0.05, 0) is 43.7 Å². The maximum absolute atomic E-state index is 15.5. The van der Waals surface area contributed by atoms with Gasteiger partial charge in [0, 0.05) is 35.3 Å². The van der Waals surface area contributed by atoms with E-state index >= 15 is 4.39 Å². The topological polar surface area (TPSA) is 172 Å². The first-order valence-electron chi connectivity index (χ1n) is 12.8. The predicted octanol–water partition coefficient (Wildman–Crippen LogP) is 2.04. The number of nitrogens with zero attached hydrogens (tertiary/aromatic N) is 4. The molecule has 12 nitrogen and oxygen atoms in total. The van der Waals surface area contributed by atoms with Gasteiger partial charge in [-0.2, -0.15) is 21.9 Å². The first kappa shape index (κ1) is 28.5. The highest BCUT2D eigenvalue weighted by atomic mass is 32.2. The summed E-state index contributed by atoms with van der Waals surface area (Å²) in [7, 11) is -9.67. The smallest absolute Gasteiger partial charge is 0.295 e. The summed E-state index contributed by atoms with van der Waals surface area (Å²) >= 11 is 0. The van der Waals surface area contributed by atoms with Crippen LogP contribution in [-0.2, 0) is 31.6 Å². The Labute approximate surface area is 231 Å². The van der Waals surface area contributed by atoms with Crippen LogP contribution in [0, 0.1) is 5.92 Å². The first-order chi connectivity index (χ1) is 18.8. The lowest BCUT2D eigenvalue weighted by Gasteiger charge is -2.26. The monoisotopic (exact) mass is 595 g/mol. The summed E-state index contributed by atoms with van der Waals surface area (Å²) in [5.74, 6) is -1.04. The average molecular weight is 596 g/mol. The van der Waals surface area contributed by atoms with Gasteiger partial charge < -0.3 is 10.2 Å². The maximum atomic E-state index is 15.5. The molecule has 1 unspecified atom stereocenters. The fourth-order valence-electron chi connectivity index (χ4n) is 6.19. The van der Waals surface area contributed by atoms with Crippen molar-refractivity contribution in [3.63, 3.8) is 0 Å². The number of carbonyl (C=O) groups excluding carboxylic acids is 1. The highest BCUT2D eigenvalue weighted by Gasteiger charge is 2.45. The molecule has 3 aromatic rings. The van der Waals surface area contributed by atoms with E-state index in [0.29, 0.717) is 5.92 Å². The number of alkyl halides is 1. The lowest BCUT2D eigenvalue weighted by molar-refractivity contribution is -0.131. The summed E-state index contributed by atoms with van der Waals surface area (Å²) in [6.45, 7) is 2.08. The van der Waals surface area contributed by atoms with Gasteiger partial charge in [0.25, 0.3) is 20.2 Å². The van der Waals surface area contributed by atoms with Crippen molar-refractivity contribution >= 4 is 36.9 Å². The second kappa shape index (κ2) is 10.8. The molecule has 1 aromatic heterocycles. The van der Waals surface area contributed by atoms with Crippen LogP contribution >= 0.6 is 0 Å². The van der Waals surface area contributed by atoms with E-state index in [4.69, 9.17) is 0 Å². The van der Waals surface area contributed by atoms with Crippen LogP contribution in [-0.4, -0.2) is 82.9 Å². The number of rotatable bonds is 8. The molecule has 2 aliphatic rings. The highest BCUT2D eigenvalue weighted by molar-refractivity contribution is 7.86. The van der Waals surface area contributed by atoms with Gasteiger partial charge in [0.2, 0.25) is 5.91 Å². The Morgan fingerprint density at radius 3 is 2.55 bits per heavy atom. The quantitative estimate of drug-likeness (QED) is 0.327. The van der Waals surface area contributed by atoms with Crippen molar-refractivity contribution in [3.05, 3.63) is 48.5 Å².